The Morgan fingerprint density at radius 2 is 1.78 bits per heavy atom. The average molecular weight is 423 g/mol. The highest BCUT2D eigenvalue weighted by atomic mass is 35.5. The zero-order chi connectivity index (χ0) is 19.2. The van der Waals surface area contributed by atoms with Gasteiger partial charge in [-0.3, -0.25) is 4.79 Å². The number of sulfonamides is 1. The van der Waals surface area contributed by atoms with Gasteiger partial charge < -0.3 is 19.5 Å². The highest BCUT2D eigenvalue weighted by Gasteiger charge is 2.31. The molecule has 1 N–H and O–H groups in total. The molecule has 8 nitrogen and oxygen atoms in total. The van der Waals surface area contributed by atoms with Crippen LogP contribution >= 0.6 is 12.4 Å². The normalized spacial score (nSPS) is 15.8. The predicted octanol–water partition coefficient (Wildman–Crippen LogP) is 1.69. The number of rotatable bonds is 9. The maximum absolute atomic E-state index is 13.0. The maximum atomic E-state index is 13.0. The topological polar surface area (TPSA) is 96.4 Å². The summed E-state index contributed by atoms with van der Waals surface area (Å²) in [4.78, 5) is 12.8. The number of hydrogen-bond acceptors (Lipinski definition) is 6. The first-order chi connectivity index (χ1) is 12.4. The van der Waals surface area contributed by atoms with Crippen LogP contribution in [0.4, 0.5) is 0 Å². The van der Waals surface area contributed by atoms with E-state index in [4.69, 9.17) is 14.6 Å². The molecule has 0 bridgehead atoms. The van der Waals surface area contributed by atoms with Crippen LogP contribution in [0.3, 0.4) is 0 Å². The summed E-state index contributed by atoms with van der Waals surface area (Å²) in [6.45, 7) is 2.81. The quantitative estimate of drug-likeness (QED) is 0.605. The molecule has 0 aliphatic carbocycles. The Labute approximate surface area is 166 Å². The van der Waals surface area contributed by atoms with Crippen molar-refractivity contribution in [3.8, 4) is 11.5 Å². The third kappa shape index (κ3) is 6.24. The summed E-state index contributed by atoms with van der Waals surface area (Å²) in [6, 6.07) is 4.73. The summed E-state index contributed by atoms with van der Waals surface area (Å²) >= 11 is 0. The summed E-state index contributed by atoms with van der Waals surface area (Å²) in [7, 11) is -0.745. The Bertz CT molecular complexity index is 720. The second-order valence-corrected chi connectivity index (χ2v) is 8.02. The van der Waals surface area contributed by atoms with Crippen molar-refractivity contribution in [1.29, 1.82) is 0 Å². The van der Waals surface area contributed by atoms with E-state index in [2.05, 4.69) is 4.90 Å². The average Bonchev–Trinajstić information content (AvgIpc) is 2.65. The SMILES string of the molecule is COc1ccc(OC)c(S(=O)(=O)N2CCN(CCCCC(=O)O)CC2)c1.Cl. The second kappa shape index (κ2) is 10.7. The van der Waals surface area contributed by atoms with Gasteiger partial charge in [0.15, 0.2) is 0 Å². The van der Waals surface area contributed by atoms with E-state index >= 15 is 0 Å². The summed E-state index contributed by atoms with van der Waals surface area (Å²) in [5, 5.41) is 8.66. The molecule has 1 aliphatic heterocycles. The van der Waals surface area contributed by atoms with Crippen LogP contribution in [0.25, 0.3) is 0 Å². The lowest BCUT2D eigenvalue weighted by molar-refractivity contribution is -0.137. The highest BCUT2D eigenvalue weighted by molar-refractivity contribution is 7.89. The smallest absolute Gasteiger partial charge is 0.303 e. The molecule has 0 saturated carbocycles. The van der Waals surface area contributed by atoms with Gasteiger partial charge in [0.1, 0.15) is 16.4 Å². The number of aliphatic carboxylic acids is 1. The molecule has 1 aromatic rings. The molecular formula is C17H27ClN2O6S. The molecule has 0 radical (unpaired) electrons. The predicted molar refractivity (Wildman–Crippen MR) is 103 cm³/mol. The van der Waals surface area contributed by atoms with Crippen LogP contribution in [0.1, 0.15) is 19.3 Å². The standard InChI is InChI=1S/C17H26N2O6S.ClH/c1-24-14-6-7-15(25-2)16(13-14)26(22,23)19-11-9-18(10-12-19)8-4-3-5-17(20)21;/h6-7,13H,3-5,8-12H2,1-2H3,(H,20,21);1H. The van der Waals surface area contributed by atoms with Crippen molar-refractivity contribution in [2.75, 3.05) is 46.9 Å². The van der Waals surface area contributed by atoms with Crippen LogP contribution < -0.4 is 9.47 Å². The third-order valence-corrected chi connectivity index (χ3v) is 6.35. The lowest BCUT2D eigenvalue weighted by Crippen LogP contribution is -2.48. The number of carbonyl (C=O) groups is 1. The van der Waals surface area contributed by atoms with Gasteiger partial charge in [0.2, 0.25) is 10.0 Å². The number of piperazine rings is 1. The van der Waals surface area contributed by atoms with Crippen molar-refractivity contribution in [2.24, 2.45) is 0 Å². The van der Waals surface area contributed by atoms with Crippen molar-refractivity contribution >= 4 is 28.4 Å². The van der Waals surface area contributed by atoms with Crippen molar-refractivity contribution in [2.45, 2.75) is 24.2 Å². The molecule has 0 amide bonds. The van der Waals surface area contributed by atoms with Crippen LogP contribution in [0.2, 0.25) is 0 Å². The number of nitrogens with zero attached hydrogens (tertiary/aromatic N) is 2. The number of benzene rings is 1. The van der Waals surface area contributed by atoms with Gasteiger partial charge in [-0.1, -0.05) is 0 Å². The number of carboxylic acid groups (broad SMARTS) is 1. The van der Waals surface area contributed by atoms with Crippen LogP contribution in [0, 0.1) is 0 Å². The van der Waals surface area contributed by atoms with E-state index in [0.29, 0.717) is 44.1 Å². The molecule has 10 heteroatoms. The van der Waals surface area contributed by atoms with Crippen molar-refractivity contribution in [1.82, 2.24) is 9.21 Å². The third-order valence-electron chi connectivity index (χ3n) is 4.43. The highest BCUT2D eigenvalue weighted by Crippen LogP contribution is 2.31. The molecule has 1 aromatic carbocycles. The monoisotopic (exact) mass is 422 g/mol. The van der Waals surface area contributed by atoms with Gasteiger partial charge in [-0.15, -0.1) is 12.4 Å². The van der Waals surface area contributed by atoms with Crippen LogP contribution in [-0.4, -0.2) is 75.6 Å². The number of methoxy groups -OCH3 is 2. The molecular weight excluding hydrogens is 396 g/mol. The lowest BCUT2D eigenvalue weighted by Gasteiger charge is -2.34. The largest absolute Gasteiger partial charge is 0.497 e. The Morgan fingerprint density at radius 1 is 1.11 bits per heavy atom. The molecule has 0 spiro atoms. The summed E-state index contributed by atoms with van der Waals surface area (Å²) < 4.78 is 37.8. The summed E-state index contributed by atoms with van der Waals surface area (Å²) in [6.07, 6.45) is 1.60. The number of halogens is 1. The van der Waals surface area contributed by atoms with E-state index in [1.54, 1.807) is 12.1 Å². The first-order valence-corrected chi connectivity index (χ1v) is 9.99. The van der Waals surface area contributed by atoms with E-state index in [0.717, 1.165) is 13.0 Å². The molecule has 27 heavy (non-hydrogen) atoms. The van der Waals surface area contributed by atoms with Gasteiger partial charge in [-0.05, 0) is 31.5 Å². The molecule has 0 unspecified atom stereocenters. The van der Waals surface area contributed by atoms with Gasteiger partial charge >= 0.3 is 5.97 Å². The zero-order valence-electron chi connectivity index (χ0n) is 15.6. The lowest BCUT2D eigenvalue weighted by atomic mass is 10.2. The first kappa shape index (κ1) is 23.5. The van der Waals surface area contributed by atoms with Crippen molar-refractivity contribution in [3.05, 3.63) is 18.2 Å². The summed E-state index contributed by atoms with van der Waals surface area (Å²) in [5.74, 6) is -0.0310. The molecule has 1 heterocycles. The van der Waals surface area contributed by atoms with E-state index in [-0.39, 0.29) is 23.7 Å². The molecule has 1 saturated heterocycles. The van der Waals surface area contributed by atoms with Crippen LogP contribution in [0.5, 0.6) is 11.5 Å². The molecule has 154 valence electrons. The van der Waals surface area contributed by atoms with Crippen LogP contribution in [0.15, 0.2) is 23.1 Å². The Kier molecular flexibility index (Phi) is 9.31. The van der Waals surface area contributed by atoms with Crippen molar-refractivity contribution < 1.29 is 27.8 Å². The van der Waals surface area contributed by atoms with Gasteiger partial charge in [0.25, 0.3) is 0 Å². The fourth-order valence-corrected chi connectivity index (χ4v) is 4.52. The Hall–Kier alpha value is -1.55. The van der Waals surface area contributed by atoms with Crippen LogP contribution in [-0.2, 0) is 14.8 Å². The van der Waals surface area contributed by atoms with E-state index in [1.807, 2.05) is 0 Å². The van der Waals surface area contributed by atoms with Gasteiger partial charge in [-0.25, -0.2) is 8.42 Å². The van der Waals surface area contributed by atoms with Gasteiger partial charge in [0.05, 0.1) is 14.2 Å². The Balaban J connectivity index is 0.00000364. The number of unbranched alkanes of at least 4 members (excludes halogenated alkanes) is 1. The van der Waals surface area contributed by atoms with Crippen molar-refractivity contribution in [3.63, 3.8) is 0 Å². The zero-order valence-corrected chi connectivity index (χ0v) is 17.2. The van der Waals surface area contributed by atoms with Gasteiger partial charge in [0, 0.05) is 38.7 Å². The molecule has 2 rings (SSSR count). The molecule has 1 fully saturated rings. The minimum atomic E-state index is -3.67. The van der Waals surface area contributed by atoms with Gasteiger partial charge in [-0.2, -0.15) is 4.31 Å². The molecule has 1 aliphatic rings. The minimum Gasteiger partial charge on any atom is -0.497 e. The van der Waals surface area contributed by atoms with E-state index in [9.17, 15) is 13.2 Å². The number of hydrogen-bond donors (Lipinski definition) is 1. The van der Waals surface area contributed by atoms with E-state index < -0.39 is 16.0 Å². The molecule has 0 aromatic heterocycles. The molecule has 0 atom stereocenters. The van der Waals surface area contributed by atoms with E-state index in [1.165, 1.54) is 24.6 Å². The fraction of sp³-hybridized carbons (Fsp3) is 0.588. The number of ether oxygens (including phenoxy) is 2. The maximum Gasteiger partial charge on any atom is 0.303 e. The summed E-state index contributed by atoms with van der Waals surface area (Å²) in [5.41, 5.74) is 0. The fourth-order valence-electron chi connectivity index (χ4n) is 2.93. The first-order valence-electron chi connectivity index (χ1n) is 8.55. The number of carboxylic acids is 1. The Morgan fingerprint density at radius 3 is 2.33 bits per heavy atom. The minimum absolute atomic E-state index is 0. The second-order valence-electron chi connectivity index (χ2n) is 6.11.